The molecule has 21 heavy (non-hydrogen) atoms. The van der Waals surface area contributed by atoms with Gasteiger partial charge in [-0.15, -0.1) is 0 Å². The van der Waals surface area contributed by atoms with Crippen LogP contribution in [0.25, 0.3) is 0 Å². The van der Waals surface area contributed by atoms with Gasteiger partial charge in [0.2, 0.25) is 0 Å². The predicted molar refractivity (Wildman–Crippen MR) is 84.8 cm³/mol. The lowest BCUT2D eigenvalue weighted by molar-refractivity contribution is 0.102. The van der Waals surface area contributed by atoms with Crippen LogP contribution in [-0.4, -0.2) is 22.6 Å². The minimum atomic E-state index is -0.322. The van der Waals surface area contributed by atoms with Crippen molar-refractivity contribution in [1.29, 1.82) is 0 Å². The van der Waals surface area contributed by atoms with Crippen molar-refractivity contribution in [2.75, 3.05) is 11.9 Å². The van der Waals surface area contributed by atoms with Gasteiger partial charge in [0.25, 0.3) is 5.91 Å². The van der Waals surface area contributed by atoms with Crippen molar-refractivity contribution in [3.63, 3.8) is 0 Å². The average Bonchev–Trinajstić information content (AvgIpc) is 2.45. The molecule has 0 atom stereocenters. The van der Waals surface area contributed by atoms with Crippen LogP contribution < -0.4 is 15.8 Å². The second kappa shape index (κ2) is 6.71. The van der Waals surface area contributed by atoms with E-state index in [1.165, 1.54) is 12.1 Å². The molecule has 0 aromatic heterocycles. The van der Waals surface area contributed by atoms with Crippen LogP contribution in [0.1, 0.15) is 10.4 Å². The summed E-state index contributed by atoms with van der Waals surface area (Å²) in [4.78, 5) is 12.3. The third kappa shape index (κ3) is 4.47. The number of phenolic OH excluding ortho intramolecular Hbond substituents is 1. The number of carbonyl (C=O) groups is 1. The molecule has 0 radical (unpaired) electrons. The van der Waals surface area contributed by atoms with Crippen LogP contribution in [0, 0.1) is 0 Å². The van der Waals surface area contributed by atoms with E-state index < -0.39 is 0 Å². The number of phenols is 1. The van der Waals surface area contributed by atoms with E-state index in [4.69, 9.17) is 22.7 Å². The highest BCUT2D eigenvalue weighted by Gasteiger charge is 2.07. The summed E-state index contributed by atoms with van der Waals surface area (Å²) in [6.07, 6.45) is 0. The van der Waals surface area contributed by atoms with E-state index in [0.29, 0.717) is 17.0 Å². The maximum Gasteiger partial charge on any atom is 0.255 e. The summed E-state index contributed by atoms with van der Waals surface area (Å²) in [5, 5.41) is 12.1. The molecule has 0 saturated carbocycles. The lowest BCUT2D eigenvalue weighted by Gasteiger charge is -2.09. The first-order chi connectivity index (χ1) is 10.0. The third-order valence-corrected chi connectivity index (χ3v) is 2.70. The van der Waals surface area contributed by atoms with Crippen LogP contribution in [-0.2, 0) is 0 Å². The summed E-state index contributed by atoms with van der Waals surface area (Å²) in [5.74, 6) is 0.269. The summed E-state index contributed by atoms with van der Waals surface area (Å²) in [5.41, 5.74) is 6.30. The Labute approximate surface area is 127 Å². The van der Waals surface area contributed by atoms with Crippen LogP contribution >= 0.6 is 12.2 Å². The zero-order valence-corrected chi connectivity index (χ0v) is 11.9. The van der Waals surface area contributed by atoms with E-state index in [1.54, 1.807) is 36.4 Å². The predicted octanol–water partition coefficient (Wildman–Crippen LogP) is 2.31. The Kier molecular flexibility index (Phi) is 4.73. The van der Waals surface area contributed by atoms with Gasteiger partial charge in [-0.05, 0) is 30.3 Å². The summed E-state index contributed by atoms with van der Waals surface area (Å²) in [6, 6.07) is 13.0. The van der Waals surface area contributed by atoms with Gasteiger partial charge in [0, 0.05) is 17.3 Å². The molecule has 2 aromatic rings. The van der Waals surface area contributed by atoms with E-state index in [1.807, 2.05) is 0 Å². The first-order valence-electron chi connectivity index (χ1n) is 6.16. The highest BCUT2D eigenvalue weighted by atomic mass is 32.1. The van der Waals surface area contributed by atoms with Crippen molar-refractivity contribution < 1.29 is 14.6 Å². The molecule has 0 heterocycles. The number of rotatable bonds is 5. The molecule has 0 spiro atoms. The van der Waals surface area contributed by atoms with Crippen molar-refractivity contribution in [2.45, 2.75) is 0 Å². The number of nitrogens with two attached hydrogens (primary N) is 1. The molecule has 1 amide bonds. The fraction of sp³-hybridized carbons (Fsp3) is 0.0667. The number of thiocarbonyl (C=S) groups is 1. The monoisotopic (exact) mass is 302 g/mol. The molecule has 108 valence electrons. The maximum atomic E-state index is 12.0. The summed E-state index contributed by atoms with van der Waals surface area (Å²) >= 11 is 4.73. The molecule has 4 N–H and O–H groups in total. The fourth-order valence-corrected chi connectivity index (χ4v) is 1.73. The molecule has 0 bridgehead atoms. The van der Waals surface area contributed by atoms with Gasteiger partial charge >= 0.3 is 0 Å². The van der Waals surface area contributed by atoms with Gasteiger partial charge in [-0.3, -0.25) is 4.79 Å². The van der Waals surface area contributed by atoms with E-state index in [9.17, 15) is 9.90 Å². The van der Waals surface area contributed by atoms with Crippen molar-refractivity contribution in [3.8, 4) is 11.5 Å². The van der Waals surface area contributed by atoms with Gasteiger partial charge in [0.1, 0.15) is 23.1 Å². The average molecular weight is 302 g/mol. The third-order valence-electron chi connectivity index (χ3n) is 2.58. The number of ether oxygens (including phenoxy) is 1. The van der Waals surface area contributed by atoms with E-state index in [0.717, 1.165) is 0 Å². The second-order valence-corrected chi connectivity index (χ2v) is 4.81. The van der Waals surface area contributed by atoms with Crippen LogP contribution in [0.3, 0.4) is 0 Å². The molecular weight excluding hydrogens is 288 g/mol. The van der Waals surface area contributed by atoms with Gasteiger partial charge in [-0.25, -0.2) is 0 Å². The van der Waals surface area contributed by atoms with Crippen LogP contribution in [0.4, 0.5) is 5.69 Å². The van der Waals surface area contributed by atoms with Crippen LogP contribution in [0.15, 0.2) is 48.5 Å². The molecule has 2 rings (SSSR count). The largest absolute Gasteiger partial charge is 0.508 e. The van der Waals surface area contributed by atoms with Crippen molar-refractivity contribution >= 4 is 28.8 Å². The summed E-state index contributed by atoms with van der Waals surface area (Å²) in [7, 11) is 0. The Hall–Kier alpha value is -2.60. The normalized spacial score (nSPS) is 9.90. The Bertz CT molecular complexity index is 673. The molecular formula is C15H14N2O3S. The topological polar surface area (TPSA) is 84.6 Å². The van der Waals surface area contributed by atoms with Gasteiger partial charge in [-0.2, -0.15) is 0 Å². The Balaban J connectivity index is 2.07. The molecule has 6 heteroatoms. The fourth-order valence-electron chi connectivity index (χ4n) is 1.67. The van der Waals surface area contributed by atoms with Gasteiger partial charge < -0.3 is 20.9 Å². The number of hydrogen-bond donors (Lipinski definition) is 3. The van der Waals surface area contributed by atoms with Gasteiger partial charge in [0.15, 0.2) is 0 Å². The molecule has 5 nitrogen and oxygen atoms in total. The number of anilines is 1. The van der Waals surface area contributed by atoms with Crippen LogP contribution in [0.2, 0.25) is 0 Å². The van der Waals surface area contributed by atoms with Crippen molar-refractivity contribution in [1.82, 2.24) is 0 Å². The van der Waals surface area contributed by atoms with Crippen molar-refractivity contribution in [3.05, 3.63) is 54.1 Å². The van der Waals surface area contributed by atoms with E-state index in [2.05, 4.69) is 5.32 Å². The standard InChI is InChI=1S/C15H14N2O3S/c16-14(21)9-20-13-6-2-4-11(8-13)17-15(19)10-3-1-5-12(18)7-10/h1-8,18H,9H2,(H2,16,21)(H,17,19). The lowest BCUT2D eigenvalue weighted by atomic mass is 10.2. The lowest BCUT2D eigenvalue weighted by Crippen LogP contribution is -2.18. The minimum Gasteiger partial charge on any atom is -0.508 e. The second-order valence-electron chi connectivity index (χ2n) is 4.29. The quantitative estimate of drug-likeness (QED) is 0.738. The number of benzene rings is 2. The minimum absolute atomic E-state index is 0.0381. The molecule has 0 unspecified atom stereocenters. The Morgan fingerprint density at radius 1 is 1.24 bits per heavy atom. The molecule has 0 aliphatic rings. The van der Waals surface area contributed by atoms with Crippen molar-refractivity contribution in [2.24, 2.45) is 5.73 Å². The highest BCUT2D eigenvalue weighted by molar-refractivity contribution is 7.80. The highest BCUT2D eigenvalue weighted by Crippen LogP contribution is 2.19. The number of nitrogens with one attached hydrogen (secondary N) is 1. The smallest absolute Gasteiger partial charge is 0.255 e. The van der Waals surface area contributed by atoms with Crippen LogP contribution in [0.5, 0.6) is 11.5 Å². The summed E-state index contributed by atoms with van der Waals surface area (Å²) < 4.78 is 5.36. The van der Waals surface area contributed by atoms with E-state index in [-0.39, 0.29) is 23.3 Å². The molecule has 0 aliphatic heterocycles. The van der Waals surface area contributed by atoms with Gasteiger partial charge in [0.05, 0.1) is 0 Å². The molecule has 0 fully saturated rings. The molecule has 0 saturated heterocycles. The number of aromatic hydroxyl groups is 1. The first kappa shape index (κ1) is 14.8. The molecule has 0 aliphatic carbocycles. The van der Waals surface area contributed by atoms with E-state index >= 15 is 0 Å². The number of amides is 1. The zero-order valence-electron chi connectivity index (χ0n) is 11.1. The SMILES string of the molecule is NC(=S)COc1cccc(NC(=O)c2cccc(O)c2)c1. The summed E-state index contributed by atoms with van der Waals surface area (Å²) in [6.45, 7) is 0.138. The number of carbonyl (C=O) groups excluding carboxylic acids is 1. The maximum absolute atomic E-state index is 12.0. The Morgan fingerprint density at radius 2 is 2.00 bits per heavy atom. The molecule has 2 aromatic carbocycles. The van der Waals surface area contributed by atoms with Gasteiger partial charge in [-0.1, -0.05) is 24.4 Å². The Morgan fingerprint density at radius 3 is 2.71 bits per heavy atom. The first-order valence-corrected chi connectivity index (χ1v) is 6.57. The number of hydrogen-bond acceptors (Lipinski definition) is 4. The zero-order chi connectivity index (χ0) is 15.2.